The zero-order valence-electron chi connectivity index (χ0n) is 20.4. The van der Waals surface area contributed by atoms with Crippen LogP contribution in [0, 0.1) is 0 Å². The molecule has 4 fully saturated rings. The van der Waals surface area contributed by atoms with Crippen LogP contribution in [0.4, 0.5) is 0 Å². The second-order valence-corrected chi connectivity index (χ2v) is 11.8. The molecular formula is C29H29Cl2N3O2. The van der Waals surface area contributed by atoms with E-state index >= 15 is 0 Å². The number of nitrogens with zero attached hydrogens (tertiary/aromatic N) is 3. The van der Waals surface area contributed by atoms with Crippen molar-refractivity contribution in [2.45, 2.75) is 74.9 Å². The minimum Gasteiger partial charge on any atom is -0.370 e. The van der Waals surface area contributed by atoms with E-state index in [1.165, 1.54) is 11.1 Å². The third-order valence-corrected chi connectivity index (χ3v) is 9.56. The third kappa shape index (κ3) is 3.62. The van der Waals surface area contributed by atoms with Crippen molar-refractivity contribution in [2.24, 2.45) is 7.05 Å². The monoisotopic (exact) mass is 521 g/mol. The molecule has 0 N–H and O–H groups in total. The quantitative estimate of drug-likeness (QED) is 0.258. The van der Waals surface area contributed by atoms with Gasteiger partial charge in [0.1, 0.15) is 17.1 Å². The summed E-state index contributed by atoms with van der Waals surface area (Å²) in [5.74, 6) is 1.37. The van der Waals surface area contributed by atoms with Gasteiger partial charge in [-0.15, -0.1) is 0 Å². The van der Waals surface area contributed by atoms with Crippen LogP contribution in [0.3, 0.4) is 0 Å². The lowest BCUT2D eigenvalue weighted by Crippen LogP contribution is -2.50. The van der Waals surface area contributed by atoms with Crippen LogP contribution in [0.25, 0.3) is 22.3 Å². The maximum absolute atomic E-state index is 6.81. The van der Waals surface area contributed by atoms with Crippen molar-refractivity contribution in [2.75, 3.05) is 0 Å². The number of rotatable bonds is 6. The average Bonchev–Trinajstić information content (AvgIpc) is 3.56. The third-order valence-electron chi connectivity index (χ3n) is 8.93. The number of halogens is 2. The van der Waals surface area contributed by atoms with Crippen molar-refractivity contribution in [3.05, 3.63) is 69.7 Å². The minimum absolute atomic E-state index is 0.101. The van der Waals surface area contributed by atoms with Crippen molar-refractivity contribution in [1.82, 2.24) is 14.7 Å². The maximum Gasteiger partial charge on any atom is 0.145 e. The number of hydrogen-bond donors (Lipinski definition) is 0. The van der Waals surface area contributed by atoms with Gasteiger partial charge in [-0.25, -0.2) is 4.98 Å². The molecule has 4 aliphatic rings. The summed E-state index contributed by atoms with van der Waals surface area (Å²) in [7, 11) is 2.07. The standard InChI is InChI=1S/C29H29Cl2N3O2/c1-34-16-9-19-7-8-23(32-27(19)34)28-10-13-29(14-11-28,15-12-28)35-17-20-25(33-36-26(20)18-5-6-18)24-21(30)3-2-4-22(24)31/h2-4,7-9,16,18H,5-6,10-15,17H2,1H3. The molecule has 1 aromatic carbocycles. The molecule has 0 radical (unpaired) electrons. The Hall–Kier alpha value is -2.34. The predicted molar refractivity (Wildman–Crippen MR) is 142 cm³/mol. The van der Waals surface area contributed by atoms with E-state index in [0.717, 1.165) is 79.6 Å². The molecule has 36 heavy (non-hydrogen) atoms. The van der Waals surface area contributed by atoms with Crippen LogP contribution < -0.4 is 0 Å². The molecule has 0 saturated heterocycles. The molecule has 186 valence electrons. The molecule has 2 bridgehead atoms. The van der Waals surface area contributed by atoms with E-state index in [1.807, 2.05) is 18.2 Å². The molecule has 4 aromatic rings. The first-order valence-electron chi connectivity index (χ1n) is 13.0. The van der Waals surface area contributed by atoms with E-state index in [4.69, 9.17) is 37.4 Å². The maximum atomic E-state index is 6.81. The highest BCUT2D eigenvalue weighted by Crippen LogP contribution is 2.55. The highest BCUT2D eigenvalue weighted by Gasteiger charge is 2.51. The van der Waals surface area contributed by atoms with Gasteiger partial charge < -0.3 is 13.8 Å². The van der Waals surface area contributed by atoms with Gasteiger partial charge in [0, 0.05) is 46.8 Å². The van der Waals surface area contributed by atoms with E-state index in [-0.39, 0.29) is 11.0 Å². The van der Waals surface area contributed by atoms with Crippen LogP contribution in [0.2, 0.25) is 10.0 Å². The van der Waals surface area contributed by atoms with Gasteiger partial charge in [0.05, 0.1) is 22.3 Å². The lowest BCUT2D eigenvalue weighted by Gasteiger charge is -2.52. The van der Waals surface area contributed by atoms with Gasteiger partial charge >= 0.3 is 0 Å². The van der Waals surface area contributed by atoms with E-state index in [1.54, 1.807) is 0 Å². The molecule has 0 amide bonds. The van der Waals surface area contributed by atoms with Crippen LogP contribution in [0.1, 0.15) is 74.3 Å². The summed E-state index contributed by atoms with van der Waals surface area (Å²) in [6, 6.07) is 12.2. The topological polar surface area (TPSA) is 53.1 Å². The van der Waals surface area contributed by atoms with Gasteiger partial charge in [0.25, 0.3) is 0 Å². The van der Waals surface area contributed by atoms with E-state index in [9.17, 15) is 0 Å². The second-order valence-electron chi connectivity index (χ2n) is 11.0. The Labute approximate surface area is 220 Å². The molecule has 5 nitrogen and oxygen atoms in total. The number of aromatic nitrogens is 3. The molecule has 4 saturated carbocycles. The molecule has 8 rings (SSSR count). The van der Waals surface area contributed by atoms with Crippen molar-refractivity contribution in [3.63, 3.8) is 0 Å². The van der Waals surface area contributed by atoms with E-state index < -0.39 is 0 Å². The first-order chi connectivity index (χ1) is 17.5. The molecule has 0 atom stereocenters. The van der Waals surface area contributed by atoms with Crippen LogP contribution in [-0.4, -0.2) is 20.3 Å². The lowest BCUT2D eigenvalue weighted by molar-refractivity contribution is -0.127. The fraction of sp³-hybridized carbons (Fsp3) is 0.448. The Bertz CT molecular complexity index is 1420. The van der Waals surface area contributed by atoms with Gasteiger partial charge in [0.15, 0.2) is 0 Å². The fourth-order valence-corrected chi connectivity index (χ4v) is 7.03. The molecule has 4 aliphatic carbocycles. The van der Waals surface area contributed by atoms with Crippen molar-refractivity contribution >= 4 is 34.2 Å². The Morgan fingerprint density at radius 3 is 2.42 bits per heavy atom. The van der Waals surface area contributed by atoms with Gasteiger partial charge in [-0.3, -0.25) is 0 Å². The Morgan fingerprint density at radius 1 is 1.00 bits per heavy atom. The molecule has 7 heteroatoms. The number of aryl methyl sites for hydroxylation is 1. The number of hydrogen-bond acceptors (Lipinski definition) is 4. The van der Waals surface area contributed by atoms with Gasteiger partial charge in [-0.2, -0.15) is 0 Å². The van der Waals surface area contributed by atoms with Crippen LogP contribution >= 0.6 is 23.2 Å². The predicted octanol–water partition coefficient (Wildman–Crippen LogP) is 7.97. The summed E-state index contributed by atoms with van der Waals surface area (Å²) in [6.07, 6.45) is 10.8. The summed E-state index contributed by atoms with van der Waals surface area (Å²) in [5, 5.41) is 6.81. The zero-order chi connectivity index (χ0) is 24.5. The van der Waals surface area contributed by atoms with Gasteiger partial charge in [0.2, 0.25) is 0 Å². The van der Waals surface area contributed by atoms with E-state index in [0.29, 0.717) is 22.6 Å². The summed E-state index contributed by atoms with van der Waals surface area (Å²) in [4.78, 5) is 5.11. The molecule has 0 unspecified atom stereocenters. The number of benzene rings is 1. The Kier molecular flexibility index (Phi) is 5.29. The number of ether oxygens (including phenoxy) is 1. The Morgan fingerprint density at radius 2 is 1.72 bits per heavy atom. The highest BCUT2D eigenvalue weighted by atomic mass is 35.5. The van der Waals surface area contributed by atoms with Gasteiger partial charge in [-0.05, 0) is 81.7 Å². The molecule has 0 aliphatic heterocycles. The largest absolute Gasteiger partial charge is 0.370 e. The number of pyridine rings is 1. The van der Waals surface area contributed by atoms with Crippen LogP contribution in [0.5, 0.6) is 0 Å². The first-order valence-corrected chi connectivity index (χ1v) is 13.7. The SMILES string of the molecule is Cn1ccc2ccc(C34CCC(OCc5c(-c6c(Cl)cccc6Cl)noc5C5CC5)(CC3)CC4)nc21. The molecule has 0 spiro atoms. The highest BCUT2D eigenvalue weighted by molar-refractivity contribution is 6.39. The number of fused-ring (bicyclic) bond motifs is 4. The summed E-state index contributed by atoms with van der Waals surface area (Å²) in [5.41, 5.74) is 4.86. The molecular weight excluding hydrogens is 493 g/mol. The molecule has 3 aromatic heterocycles. The van der Waals surface area contributed by atoms with Crippen molar-refractivity contribution in [1.29, 1.82) is 0 Å². The molecule has 3 heterocycles. The Balaban J connectivity index is 1.13. The zero-order valence-corrected chi connectivity index (χ0v) is 21.9. The summed E-state index contributed by atoms with van der Waals surface area (Å²) >= 11 is 13.1. The summed E-state index contributed by atoms with van der Waals surface area (Å²) < 4.78 is 14.8. The van der Waals surface area contributed by atoms with Gasteiger partial charge in [-0.1, -0.05) is 34.4 Å². The first kappa shape index (κ1) is 22.8. The fourth-order valence-electron chi connectivity index (χ4n) is 6.46. The smallest absolute Gasteiger partial charge is 0.145 e. The minimum atomic E-state index is -0.101. The average molecular weight is 522 g/mol. The lowest BCUT2D eigenvalue weighted by atomic mass is 9.57. The second kappa shape index (κ2) is 8.34. The van der Waals surface area contributed by atoms with Crippen molar-refractivity contribution in [3.8, 4) is 11.3 Å². The van der Waals surface area contributed by atoms with E-state index in [2.05, 4.69) is 41.2 Å². The normalized spacial score (nSPS) is 25.6. The summed E-state index contributed by atoms with van der Waals surface area (Å²) in [6.45, 7) is 0.479. The van der Waals surface area contributed by atoms with Crippen LogP contribution in [-0.2, 0) is 23.8 Å². The van der Waals surface area contributed by atoms with Crippen molar-refractivity contribution < 1.29 is 9.26 Å². The van der Waals surface area contributed by atoms with Crippen LogP contribution in [0.15, 0.2) is 47.1 Å².